The molecular weight excluding hydrogens is 424 g/mol. The first-order valence-corrected chi connectivity index (χ1v) is 12.3. The number of Topliss-reactive ketones (excluding diaryl/α,β-unsaturated/α-hetero) is 1. The SMILES string of the molecule is CCCCCC(=O)c1sc2ccccc2c1/C=C/C1OC(C)(C)OC1CCCC(=O)OC. The van der Waals surface area contributed by atoms with Crippen LogP contribution < -0.4 is 0 Å². The number of hydrogen-bond donors (Lipinski definition) is 0. The Hall–Kier alpha value is -2.02. The maximum atomic E-state index is 13.0. The number of ketones is 1. The summed E-state index contributed by atoms with van der Waals surface area (Å²) in [7, 11) is 1.40. The van der Waals surface area contributed by atoms with E-state index in [2.05, 4.69) is 19.1 Å². The van der Waals surface area contributed by atoms with Crippen LogP contribution in [0.3, 0.4) is 0 Å². The predicted molar refractivity (Wildman–Crippen MR) is 129 cm³/mol. The van der Waals surface area contributed by atoms with E-state index in [9.17, 15) is 9.59 Å². The molecule has 3 rings (SSSR count). The Morgan fingerprint density at radius 1 is 1.12 bits per heavy atom. The van der Waals surface area contributed by atoms with E-state index in [1.54, 1.807) is 11.3 Å². The van der Waals surface area contributed by atoms with Crippen LogP contribution in [0.4, 0.5) is 0 Å². The molecule has 1 aromatic carbocycles. The van der Waals surface area contributed by atoms with E-state index in [1.165, 1.54) is 7.11 Å². The standard InChI is InChI=1S/C26H34O5S/c1-5-6-7-12-20(27)25-19(18-11-8-9-14-23(18)32-25)16-17-22-21(30-26(2,3)31-22)13-10-15-24(28)29-4/h8-9,11,14,16-17,21-22H,5-7,10,12-13,15H2,1-4H3/b17-16+. The average Bonchev–Trinajstić information content (AvgIpc) is 3.28. The van der Waals surface area contributed by atoms with E-state index in [-0.39, 0.29) is 24.0 Å². The number of hydrogen-bond acceptors (Lipinski definition) is 6. The van der Waals surface area contributed by atoms with E-state index in [4.69, 9.17) is 14.2 Å². The number of unbranched alkanes of at least 4 members (excludes halogenated alkanes) is 2. The fraction of sp³-hybridized carbons (Fsp3) is 0.538. The number of ether oxygens (including phenoxy) is 3. The second kappa shape index (κ2) is 11.2. The molecule has 2 unspecified atom stereocenters. The number of benzene rings is 1. The summed E-state index contributed by atoms with van der Waals surface area (Å²) in [5, 5.41) is 1.09. The van der Waals surface area contributed by atoms with Gasteiger partial charge in [-0.15, -0.1) is 11.3 Å². The lowest BCUT2D eigenvalue weighted by atomic mass is 10.0. The highest BCUT2D eigenvalue weighted by Crippen LogP contribution is 2.36. The Labute approximate surface area is 194 Å². The van der Waals surface area contributed by atoms with Crippen LogP contribution in [0.5, 0.6) is 0 Å². The zero-order valence-corrected chi connectivity index (χ0v) is 20.3. The largest absolute Gasteiger partial charge is 0.469 e. The van der Waals surface area contributed by atoms with Crippen molar-refractivity contribution in [2.45, 2.75) is 83.7 Å². The number of carbonyl (C=O) groups excluding carboxylic acids is 2. The summed E-state index contributed by atoms with van der Waals surface area (Å²) in [5.74, 6) is -0.704. The van der Waals surface area contributed by atoms with Crippen LogP contribution in [0.1, 0.15) is 81.0 Å². The molecule has 1 aliphatic heterocycles. The molecule has 2 aromatic rings. The highest BCUT2D eigenvalue weighted by atomic mass is 32.1. The minimum absolute atomic E-state index is 0.153. The van der Waals surface area contributed by atoms with E-state index >= 15 is 0 Å². The molecule has 5 nitrogen and oxygen atoms in total. The second-order valence-electron chi connectivity index (χ2n) is 8.69. The zero-order valence-electron chi connectivity index (χ0n) is 19.5. The van der Waals surface area contributed by atoms with E-state index < -0.39 is 5.79 Å². The number of carbonyl (C=O) groups is 2. The Bertz CT molecular complexity index is 958. The van der Waals surface area contributed by atoms with Crippen LogP contribution >= 0.6 is 11.3 Å². The van der Waals surface area contributed by atoms with E-state index in [0.717, 1.165) is 39.8 Å². The van der Waals surface area contributed by atoms with Gasteiger partial charge in [0.05, 0.1) is 18.1 Å². The van der Waals surface area contributed by atoms with Gasteiger partial charge in [-0.3, -0.25) is 9.59 Å². The van der Waals surface area contributed by atoms with Gasteiger partial charge in [0.25, 0.3) is 0 Å². The van der Waals surface area contributed by atoms with Crippen LogP contribution in [0, 0.1) is 0 Å². The first-order chi connectivity index (χ1) is 15.3. The maximum absolute atomic E-state index is 13.0. The Balaban J connectivity index is 1.81. The van der Waals surface area contributed by atoms with Gasteiger partial charge >= 0.3 is 5.97 Å². The van der Waals surface area contributed by atoms with E-state index in [1.807, 2.05) is 38.1 Å². The number of methoxy groups -OCH3 is 1. The second-order valence-corrected chi connectivity index (χ2v) is 9.74. The fourth-order valence-corrected chi connectivity index (χ4v) is 5.24. The summed E-state index contributed by atoms with van der Waals surface area (Å²) in [6.07, 6.45) is 9.02. The molecule has 32 heavy (non-hydrogen) atoms. The van der Waals surface area contributed by atoms with Crippen molar-refractivity contribution >= 4 is 39.3 Å². The van der Waals surface area contributed by atoms with Crippen molar-refractivity contribution in [3.05, 3.63) is 40.8 Å². The number of thiophene rings is 1. The van der Waals surface area contributed by atoms with Gasteiger partial charge in [0.15, 0.2) is 11.6 Å². The lowest BCUT2D eigenvalue weighted by Gasteiger charge is -2.16. The monoisotopic (exact) mass is 458 g/mol. The van der Waals surface area contributed by atoms with E-state index in [0.29, 0.717) is 25.7 Å². The quantitative estimate of drug-likeness (QED) is 0.217. The molecule has 0 radical (unpaired) electrons. The van der Waals surface area contributed by atoms with Crippen LogP contribution in [0.15, 0.2) is 30.3 Å². The van der Waals surface area contributed by atoms with Gasteiger partial charge in [-0.2, -0.15) is 0 Å². The normalized spacial score (nSPS) is 20.2. The highest BCUT2D eigenvalue weighted by molar-refractivity contribution is 7.21. The molecule has 1 aliphatic rings. The lowest BCUT2D eigenvalue weighted by Crippen LogP contribution is -2.21. The third-order valence-corrected chi connectivity index (χ3v) is 6.89. The van der Waals surface area contributed by atoms with Crippen molar-refractivity contribution in [3.8, 4) is 0 Å². The molecule has 0 saturated carbocycles. The summed E-state index contributed by atoms with van der Waals surface area (Å²) < 4.78 is 18.1. The molecule has 0 spiro atoms. The van der Waals surface area contributed by atoms with Crippen LogP contribution in [0.2, 0.25) is 0 Å². The smallest absolute Gasteiger partial charge is 0.305 e. The lowest BCUT2D eigenvalue weighted by molar-refractivity contribution is -0.144. The number of rotatable bonds is 11. The molecular formula is C26H34O5S. The Morgan fingerprint density at radius 2 is 1.91 bits per heavy atom. The van der Waals surface area contributed by atoms with Gasteiger partial charge in [-0.25, -0.2) is 0 Å². The third kappa shape index (κ3) is 6.27. The zero-order chi connectivity index (χ0) is 23.1. The summed E-state index contributed by atoms with van der Waals surface area (Å²) in [5.41, 5.74) is 0.966. The minimum atomic E-state index is -0.694. The van der Waals surface area contributed by atoms with Gasteiger partial charge in [-0.1, -0.05) is 50.1 Å². The van der Waals surface area contributed by atoms with Gasteiger partial charge in [-0.05, 0) is 39.2 Å². The average molecular weight is 459 g/mol. The van der Waals surface area contributed by atoms with Crippen molar-refractivity contribution in [2.24, 2.45) is 0 Å². The molecule has 0 amide bonds. The topological polar surface area (TPSA) is 61.8 Å². The molecule has 1 saturated heterocycles. The summed E-state index contributed by atoms with van der Waals surface area (Å²) >= 11 is 1.57. The first kappa shape index (κ1) is 24.6. The van der Waals surface area contributed by atoms with Crippen LogP contribution in [-0.4, -0.2) is 36.9 Å². The minimum Gasteiger partial charge on any atom is -0.469 e. The third-order valence-electron chi connectivity index (χ3n) is 5.67. The molecule has 0 N–H and O–H groups in total. The van der Waals surface area contributed by atoms with Crippen LogP contribution in [0.25, 0.3) is 16.2 Å². The van der Waals surface area contributed by atoms with Gasteiger partial charge in [0.2, 0.25) is 0 Å². The summed E-state index contributed by atoms with van der Waals surface area (Å²) in [6, 6.07) is 8.14. The van der Waals surface area contributed by atoms with Crippen molar-refractivity contribution in [3.63, 3.8) is 0 Å². The number of fused-ring (bicyclic) bond motifs is 1. The first-order valence-electron chi connectivity index (χ1n) is 11.5. The number of esters is 1. The molecule has 174 valence electrons. The molecule has 1 aromatic heterocycles. The predicted octanol–water partition coefficient (Wildman–Crippen LogP) is 6.54. The summed E-state index contributed by atoms with van der Waals surface area (Å²) in [6.45, 7) is 5.94. The van der Waals surface area contributed by atoms with Crippen molar-refractivity contribution < 1.29 is 23.8 Å². The van der Waals surface area contributed by atoms with Crippen molar-refractivity contribution in [1.82, 2.24) is 0 Å². The molecule has 0 bridgehead atoms. The van der Waals surface area contributed by atoms with Crippen molar-refractivity contribution in [1.29, 1.82) is 0 Å². The fourth-order valence-electron chi connectivity index (χ4n) is 4.08. The van der Waals surface area contributed by atoms with Gasteiger partial charge in [0.1, 0.15) is 6.10 Å². The van der Waals surface area contributed by atoms with Crippen LogP contribution in [-0.2, 0) is 19.0 Å². The van der Waals surface area contributed by atoms with Crippen molar-refractivity contribution in [2.75, 3.05) is 7.11 Å². The molecule has 0 aliphatic carbocycles. The molecule has 1 fully saturated rings. The highest BCUT2D eigenvalue weighted by Gasteiger charge is 2.39. The maximum Gasteiger partial charge on any atom is 0.305 e. The Kier molecular flexibility index (Phi) is 8.63. The molecule has 2 heterocycles. The Morgan fingerprint density at radius 3 is 2.66 bits per heavy atom. The van der Waals surface area contributed by atoms with Gasteiger partial charge < -0.3 is 14.2 Å². The summed E-state index contributed by atoms with van der Waals surface area (Å²) in [4.78, 5) is 25.3. The molecule has 2 atom stereocenters. The molecule has 6 heteroatoms. The van der Waals surface area contributed by atoms with Gasteiger partial charge in [0, 0.05) is 28.5 Å².